The zero-order valence-electron chi connectivity index (χ0n) is 82.2. The van der Waals surface area contributed by atoms with Crippen LogP contribution < -0.4 is 57.4 Å². The number of hydrogen-bond acceptors (Lipinski definition) is 25. The van der Waals surface area contributed by atoms with Crippen LogP contribution in [0.4, 0.5) is 45.2 Å². The van der Waals surface area contributed by atoms with E-state index in [0.29, 0.717) is 158 Å². The highest BCUT2D eigenvalue weighted by atomic mass is 32.2. The molecule has 5 aromatic heterocycles. The van der Waals surface area contributed by atoms with Gasteiger partial charge in [0.05, 0.1) is 78.9 Å². The zero-order valence-corrected chi connectivity index (χ0v) is 83.1. The maximum Gasteiger partial charge on any atom is 0.416 e. The fourth-order valence-corrected chi connectivity index (χ4v) is 18.1. The Kier molecular flexibility index (Phi) is 35.6. The molecule has 0 unspecified atom stereocenters. The Labute approximate surface area is 839 Å². The van der Waals surface area contributed by atoms with E-state index in [1.165, 1.54) is 99.7 Å². The van der Waals surface area contributed by atoms with E-state index in [-0.39, 0.29) is 76.0 Å². The molecule has 13 aromatic rings. The molecule has 4 aliphatic heterocycles. The smallest absolute Gasteiger partial charge is 0.416 e. The number of aromatic nitrogens is 7. The van der Waals surface area contributed by atoms with E-state index < -0.39 is 33.3 Å². The van der Waals surface area contributed by atoms with Crippen molar-refractivity contribution < 1.29 is 68.5 Å². The number of alkyl halides is 3. The van der Waals surface area contributed by atoms with E-state index >= 15 is 0 Å². The average Bonchev–Trinajstić information content (AvgIpc) is 0.786. The lowest BCUT2D eigenvalue weighted by atomic mass is 10.0. The van der Waals surface area contributed by atoms with Gasteiger partial charge in [0.15, 0.2) is 32.8 Å². The van der Waals surface area contributed by atoms with Gasteiger partial charge >= 0.3 is 6.18 Å². The number of benzene rings is 8. The lowest BCUT2D eigenvalue weighted by Gasteiger charge is -2.33. The molecule has 145 heavy (non-hydrogen) atoms. The first-order valence-corrected chi connectivity index (χ1v) is 49.3. The van der Waals surface area contributed by atoms with E-state index in [9.17, 15) is 49.5 Å². The molecule has 4 amide bonds. The topological polar surface area (TPSA) is 372 Å². The number of likely N-dealkylation sites (tertiary alicyclic amines) is 2. The summed E-state index contributed by atoms with van der Waals surface area (Å²) in [6, 6.07) is 37.5. The number of rotatable bonds is 20. The van der Waals surface area contributed by atoms with E-state index in [2.05, 4.69) is 118 Å². The highest BCUT2D eigenvalue weighted by molar-refractivity contribution is 7.91. The Hall–Kier alpha value is -15.5. The number of nitrogen functional groups attached to an aromatic ring is 3. The number of aryl methyl sites for hydroxylation is 4. The highest BCUT2D eigenvalue weighted by Crippen LogP contribution is 2.38. The summed E-state index contributed by atoms with van der Waals surface area (Å²) in [7, 11) is 5.37. The lowest BCUT2D eigenvalue weighted by molar-refractivity contribution is -0.138. The Morgan fingerprint density at radius 2 is 0.862 bits per heavy atom. The average molecular weight is 1990 g/mol. The minimum absolute atomic E-state index is 0.0132. The van der Waals surface area contributed by atoms with E-state index in [0.717, 1.165) is 103 Å². The zero-order chi connectivity index (χ0) is 103. The van der Waals surface area contributed by atoms with Crippen molar-refractivity contribution in [1.29, 1.82) is 0 Å². The summed E-state index contributed by atoms with van der Waals surface area (Å²) in [6.45, 7) is 20.1. The minimum atomic E-state index is -4.59. The van der Waals surface area contributed by atoms with Crippen molar-refractivity contribution in [1.82, 2.24) is 75.3 Å². The second-order valence-electron chi connectivity index (χ2n) is 35.5. The molecular weight excluding hydrogens is 1870 g/mol. The number of sulfone groups is 1. The Morgan fingerprint density at radius 1 is 0.421 bits per heavy atom. The van der Waals surface area contributed by atoms with Crippen molar-refractivity contribution >= 4 is 100 Å². The standard InChI is InChI=1S/C31H28F4N6O.C27H31N5O3.C27H30N4O3.C25H25FN4O3S/c1-19-20(5-8-26-27-14-24(32)6-3-21(27)16-38-29(26)36)13-23(17-37-19)30(42)39-25-7-4-22(28(15-25)31(33,34)35)18-41-11-9-40(2)10-12-41;1-18-7-8-20(26(33)29-11-14-32-12-5-4-6-13-32)15-19(18)9-10-22-21-16-24(34-2)25(35-3)17-23(21)31-27(28)30-22;1-19-7-8-21(27(32)28-11-14-31-12-5-4-6-13-31)15-20(19)9-10-23-22-16-25(33-2)26(34-3)17-24(22)30-18-29-23;1-17-2-3-19(25(31)28-8-9-30-10-12-34(32,33)13-11-30)14-18(17)5-7-22-23-15-21(26)6-4-20(23)16-29-24(22)27/h3-4,6-7,13-17H,9-12,18H2,1-2H3,(H2,36,38)(H,39,42);7-8,15-17H,4-6,11-14H2,1-3H3,(H,29,33)(H2,28,30,31);7-8,15-18H,4-6,11-14H2,1-3H3,(H,28,32);2-4,6,14-16H,8-13H2,1H3,(H2,27,29)(H,28,31). The number of halogens is 5. The Balaban J connectivity index is 0.000000154. The van der Waals surface area contributed by atoms with Crippen LogP contribution in [-0.2, 0) is 22.6 Å². The first-order chi connectivity index (χ1) is 69.8. The van der Waals surface area contributed by atoms with Gasteiger partial charge in [-0.2, -0.15) is 13.2 Å². The number of methoxy groups -OCH3 is 4. The summed E-state index contributed by atoms with van der Waals surface area (Å²) in [5.41, 5.74) is 28.2. The van der Waals surface area contributed by atoms with Crippen LogP contribution in [0.1, 0.15) is 158 Å². The van der Waals surface area contributed by atoms with Gasteiger partial charge < -0.3 is 72.1 Å². The molecule has 17 rings (SSSR count). The van der Waals surface area contributed by atoms with Crippen LogP contribution in [0.2, 0.25) is 0 Å². The molecule has 35 heteroatoms. The summed E-state index contributed by atoms with van der Waals surface area (Å²) in [6.07, 6.45) is 8.90. The van der Waals surface area contributed by atoms with Gasteiger partial charge in [0, 0.05) is 193 Å². The maximum atomic E-state index is 14.0. The van der Waals surface area contributed by atoms with Crippen molar-refractivity contribution in [3.63, 3.8) is 0 Å². The predicted molar refractivity (Wildman–Crippen MR) is 553 cm³/mol. The van der Waals surface area contributed by atoms with Crippen molar-refractivity contribution in [3.8, 4) is 70.4 Å². The molecule has 4 fully saturated rings. The van der Waals surface area contributed by atoms with Crippen LogP contribution in [-0.4, -0.2) is 243 Å². The van der Waals surface area contributed by atoms with E-state index in [4.69, 9.17) is 36.1 Å². The van der Waals surface area contributed by atoms with Crippen LogP contribution in [0.25, 0.3) is 43.4 Å². The minimum Gasteiger partial charge on any atom is -0.493 e. The van der Waals surface area contributed by atoms with E-state index in [1.54, 1.807) is 84.0 Å². The number of fused-ring (bicyclic) bond motifs is 4. The summed E-state index contributed by atoms with van der Waals surface area (Å²) < 4.78 is 114. The molecule has 4 saturated heterocycles. The molecule has 0 aliphatic carbocycles. The molecule has 29 nitrogen and oxygen atoms in total. The summed E-state index contributed by atoms with van der Waals surface area (Å²) in [5.74, 6) is 25.7. The Morgan fingerprint density at radius 3 is 1.34 bits per heavy atom. The molecule has 0 radical (unpaired) electrons. The van der Waals surface area contributed by atoms with Gasteiger partial charge in [-0.3, -0.25) is 34.0 Å². The van der Waals surface area contributed by atoms with Gasteiger partial charge in [-0.1, -0.05) is 72.6 Å². The van der Waals surface area contributed by atoms with Crippen molar-refractivity contribution in [2.45, 2.75) is 78.9 Å². The number of carbonyl (C=O) groups excluding carboxylic acids is 4. The molecule has 8 aromatic carbocycles. The number of likely N-dealkylation sites (N-methyl/N-ethyl adjacent to an activating group) is 1. The number of carbonyl (C=O) groups is 4. The van der Waals surface area contributed by atoms with Crippen LogP contribution in [0.3, 0.4) is 0 Å². The van der Waals surface area contributed by atoms with Crippen LogP contribution in [0, 0.1) is 86.7 Å². The molecule has 750 valence electrons. The maximum absolute atomic E-state index is 14.0. The number of pyridine rings is 3. The molecule has 0 saturated carbocycles. The third kappa shape index (κ3) is 28.3. The van der Waals surface area contributed by atoms with Crippen LogP contribution >= 0.6 is 0 Å². The monoisotopic (exact) mass is 1990 g/mol. The molecule has 0 spiro atoms. The number of nitrogens with two attached hydrogens (primary N) is 3. The fourth-order valence-electron chi connectivity index (χ4n) is 16.8. The number of amides is 4. The number of nitrogens with one attached hydrogen (secondary N) is 4. The first-order valence-electron chi connectivity index (χ1n) is 47.5. The van der Waals surface area contributed by atoms with Crippen molar-refractivity contribution in [2.24, 2.45) is 0 Å². The third-order valence-electron chi connectivity index (χ3n) is 25.4. The largest absolute Gasteiger partial charge is 0.493 e. The van der Waals surface area contributed by atoms with Gasteiger partial charge in [-0.25, -0.2) is 47.1 Å². The quantitative estimate of drug-likeness (QED) is 0.0275. The first kappa shape index (κ1) is 105. The lowest BCUT2D eigenvalue weighted by Crippen LogP contribution is -2.44. The molecule has 10 N–H and O–H groups in total. The number of piperazine rings is 1. The van der Waals surface area contributed by atoms with Crippen LogP contribution in [0.15, 0.2) is 164 Å². The Bertz CT molecular complexity index is 7390. The molecule has 9 heterocycles. The summed E-state index contributed by atoms with van der Waals surface area (Å²) in [4.78, 5) is 91.9. The summed E-state index contributed by atoms with van der Waals surface area (Å²) in [5, 5.41) is 15.4. The van der Waals surface area contributed by atoms with Gasteiger partial charge in [0.1, 0.15) is 41.0 Å². The van der Waals surface area contributed by atoms with Gasteiger partial charge in [0.25, 0.3) is 23.6 Å². The van der Waals surface area contributed by atoms with Gasteiger partial charge in [0.2, 0.25) is 5.95 Å². The third-order valence-corrected chi connectivity index (χ3v) is 27.0. The van der Waals surface area contributed by atoms with Gasteiger partial charge in [-0.15, -0.1) is 0 Å². The predicted octanol–water partition coefficient (Wildman–Crippen LogP) is 13.9. The molecule has 4 aliphatic rings. The SMILES string of the molecule is COc1cc2nc(N)nc(C#Cc3cc(C(=O)NCCN4CCCCC4)ccc3C)c2cc1OC.COc1cc2ncnc(C#Cc3cc(C(=O)NCCN4CCCCC4)ccc3C)c2cc1OC.Cc1ccc(C(=O)NCCN2CCS(=O)(=O)CC2)cc1C#Cc1c(N)ncc2ccc(F)cc12.Cc1ncc(C(=O)Nc2ccc(CN3CCN(C)CC3)c(C(F)(F)F)c2)cc1C#Cc1c(N)ncc2ccc(F)cc12. The molecular formula is C110H114F5N19O10S. The molecule has 0 bridgehead atoms. The van der Waals surface area contributed by atoms with E-state index in [1.807, 2.05) is 86.1 Å². The van der Waals surface area contributed by atoms with Crippen molar-refractivity contribution in [3.05, 3.63) is 277 Å². The molecule has 0 atom stereocenters. The number of hydrogen-bond donors (Lipinski definition) is 7. The number of piperidine rings is 2. The van der Waals surface area contributed by atoms with Gasteiger partial charge in [-0.05, 0) is 224 Å². The second kappa shape index (κ2) is 49.0. The highest BCUT2D eigenvalue weighted by Gasteiger charge is 2.35. The summed E-state index contributed by atoms with van der Waals surface area (Å²) >= 11 is 0. The number of anilines is 4. The van der Waals surface area contributed by atoms with Crippen LogP contribution in [0.5, 0.6) is 23.0 Å². The number of nitrogens with zero attached hydrogens (tertiary/aromatic N) is 12. The number of ether oxygens (including phenoxy) is 4. The fraction of sp³-hybridized carbons (Fsp3) is 0.318. The van der Waals surface area contributed by atoms with Crippen molar-refractivity contribution in [2.75, 3.05) is 174 Å². The second-order valence-corrected chi connectivity index (χ2v) is 37.8. The normalized spacial score (nSPS) is 14.3.